The second-order valence-corrected chi connectivity index (χ2v) is 4.38. The number of nitrogens with one attached hydrogen (secondary N) is 2. The van der Waals surface area contributed by atoms with Crippen molar-refractivity contribution in [2.45, 2.75) is 32.7 Å². The van der Waals surface area contributed by atoms with Gasteiger partial charge < -0.3 is 30.9 Å². The Morgan fingerprint density at radius 3 is 2.80 bits per heavy atom. The van der Waals surface area contributed by atoms with Gasteiger partial charge in [0.15, 0.2) is 0 Å². The lowest BCUT2D eigenvalue weighted by Crippen LogP contribution is -2.37. The van der Waals surface area contributed by atoms with Crippen LogP contribution in [0.4, 0.5) is 0 Å². The molecule has 20 heavy (non-hydrogen) atoms. The van der Waals surface area contributed by atoms with Crippen molar-refractivity contribution in [3.05, 3.63) is 11.9 Å². The summed E-state index contributed by atoms with van der Waals surface area (Å²) in [6, 6.07) is -0.113. The topological polar surface area (TPSA) is 106 Å². The molecule has 1 atom stereocenters. The van der Waals surface area contributed by atoms with Crippen molar-refractivity contribution in [3.8, 4) is 0 Å². The fraction of sp³-hybridized carbons (Fsp3) is 0.769. The van der Waals surface area contributed by atoms with Crippen LogP contribution in [0.25, 0.3) is 0 Å². The van der Waals surface area contributed by atoms with Crippen LogP contribution in [0.1, 0.15) is 26.7 Å². The summed E-state index contributed by atoms with van der Waals surface area (Å²) in [5, 5.41) is 14.5. The molecule has 7 nitrogen and oxygen atoms in total. The van der Waals surface area contributed by atoms with Gasteiger partial charge in [0.25, 0.3) is 0 Å². The average molecular weight is 289 g/mol. The van der Waals surface area contributed by atoms with E-state index in [9.17, 15) is 4.79 Å². The fourth-order valence-electron chi connectivity index (χ4n) is 1.51. The first-order chi connectivity index (χ1) is 9.60. The lowest BCUT2D eigenvalue weighted by molar-refractivity contribution is -0.121. The second kappa shape index (κ2) is 12.7. The second-order valence-electron chi connectivity index (χ2n) is 4.38. The third kappa shape index (κ3) is 11.8. The van der Waals surface area contributed by atoms with Gasteiger partial charge in [-0.15, -0.1) is 0 Å². The van der Waals surface area contributed by atoms with Crippen molar-refractivity contribution in [2.75, 3.05) is 33.2 Å². The van der Waals surface area contributed by atoms with Gasteiger partial charge in [-0.1, -0.05) is 0 Å². The summed E-state index contributed by atoms with van der Waals surface area (Å²) in [7, 11) is 0. The maximum absolute atomic E-state index is 11.0. The van der Waals surface area contributed by atoms with E-state index in [0.29, 0.717) is 25.1 Å². The van der Waals surface area contributed by atoms with Gasteiger partial charge in [-0.25, -0.2) is 0 Å². The predicted molar refractivity (Wildman–Crippen MR) is 76.6 cm³/mol. The number of carbonyl (C=O) groups is 1. The van der Waals surface area contributed by atoms with E-state index < -0.39 is 0 Å². The lowest BCUT2D eigenvalue weighted by atomic mass is 10.2. The number of aliphatic hydroxyl groups is 1. The monoisotopic (exact) mass is 289 g/mol. The minimum atomic E-state index is -0.115. The molecule has 0 rings (SSSR count). The molecular weight excluding hydrogens is 262 g/mol. The highest BCUT2D eigenvalue weighted by Crippen LogP contribution is 1.98. The summed E-state index contributed by atoms with van der Waals surface area (Å²) in [5.74, 6) is -0.115. The van der Waals surface area contributed by atoms with Crippen LogP contribution in [0.3, 0.4) is 0 Å². The molecule has 0 aromatic carbocycles. The minimum absolute atomic E-state index is 0.0956. The van der Waals surface area contributed by atoms with Gasteiger partial charge in [-0.3, -0.25) is 4.79 Å². The van der Waals surface area contributed by atoms with Crippen LogP contribution < -0.4 is 16.4 Å². The largest absolute Gasteiger partial charge is 0.399 e. The summed E-state index contributed by atoms with van der Waals surface area (Å²) in [6.45, 7) is 5.07. The number of rotatable bonds is 12. The lowest BCUT2D eigenvalue weighted by Gasteiger charge is -2.17. The maximum atomic E-state index is 11.0. The zero-order valence-electron chi connectivity index (χ0n) is 12.4. The first-order valence-electron chi connectivity index (χ1n) is 6.81. The third-order valence-corrected chi connectivity index (χ3v) is 2.36. The van der Waals surface area contributed by atoms with Gasteiger partial charge in [0.2, 0.25) is 5.91 Å². The smallest absolute Gasteiger partial charge is 0.217 e. The van der Waals surface area contributed by atoms with Crippen LogP contribution in [0, 0.1) is 0 Å². The Morgan fingerprint density at radius 1 is 1.45 bits per heavy atom. The molecule has 5 N–H and O–H groups in total. The van der Waals surface area contributed by atoms with Gasteiger partial charge in [0.05, 0.1) is 25.0 Å². The number of ether oxygens (including phenoxy) is 2. The number of carbonyl (C=O) groups excluding carboxylic acids is 1. The summed E-state index contributed by atoms with van der Waals surface area (Å²) in [4.78, 5) is 11.0. The molecule has 1 unspecified atom stereocenters. The van der Waals surface area contributed by atoms with Crippen molar-refractivity contribution in [3.63, 3.8) is 0 Å². The van der Waals surface area contributed by atoms with E-state index in [-0.39, 0.29) is 32.0 Å². The molecule has 0 aliphatic carbocycles. The zero-order chi connectivity index (χ0) is 15.2. The highest BCUT2D eigenvalue weighted by molar-refractivity contribution is 5.73. The average Bonchev–Trinajstić information content (AvgIpc) is 2.41. The molecule has 7 heteroatoms. The van der Waals surface area contributed by atoms with Crippen LogP contribution in [-0.4, -0.2) is 50.2 Å². The van der Waals surface area contributed by atoms with Gasteiger partial charge >= 0.3 is 0 Å². The van der Waals surface area contributed by atoms with Crippen LogP contribution >= 0.6 is 0 Å². The van der Waals surface area contributed by atoms with Crippen LogP contribution in [0.5, 0.6) is 0 Å². The Kier molecular flexibility index (Phi) is 11.9. The molecule has 0 aromatic heterocycles. The van der Waals surface area contributed by atoms with Gasteiger partial charge in [0, 0.05) is 26.3 Å². The van der Waals surface area contributed by atoms with Gasteiger partial charge in [-0.05, 0) is 19.8 Å². The van der Waals surface area contributed by atoms with Crippen LogP contribution in [-0.2, 0) is 14.3 Å². The summed E-state index contributed by atoms with van der Waals surface area (Å²) in [5.41, 5.74) is 6.26. The minimum Gasteiger partial charge on any atom is -0.399 e. The molecule has 118 valence electrons. The molecule has 0 radical (unpaired) electrons. The van der Waals surface area contributed by atoms with E-state index >= 15 is 0 Å². The van der Waals surface area contributed by atoms with Crippen molar-refractivity contribution < 1.29 is 19.4 Å². The fourth-order valence-corrected chi connectivity index (χ4v) is 1.51. The Morgan fingerprint density at radius 2 is 2.20 bits per heavy atom. The molecule has 0 saturated carbocycles. The molecule has 0 spiro atoms. The van der Waals surface area contributed by atoms with Crippen molar-refractivity contribution in [1.29, 1.82) is 0 Å². The summed E-state index contributed by atoms with van der Waals surface area (Å²) in [6.07, 6.45) is 2.98. The quantitative estimate of drug-likeness (QED) is 0.289. The molecule has 0 aliphatic heterocycles. The van der Waals surface area contributed by atoms with E-state index in [1.807, 2.05) is 6.92 Å². The standard InChI is InChI=1S/C13H27N3O4/c1-3-15-7-12(14)8-19-10-20-9-13(5-4-6-17)16-11(2)18/h7,13,15,17H,3-6,8-10,14H2,1-2H3,(H,16,18)/b12-7-. The first kappa shape index (κ1) is 18.7. The SMILES string of the molecule is CCN/C=C(\N)COCOCC(CCCO)NC(C)=O. The molecule has 0 saturated heterocycles. The highest BCUT2D eigenvalue weighted by atomic mass is 16.7. The number of hydrogen-bond donors (Lipinski definition) is 4. The van der Waals surface area contributed by atoms with Crippen molar-refractivity contribution in [2.24, 2.45) is 5.73 Å². The molecule has 0 bridgehead atoms. The summed E-state index contributed by atoms with van der Waals surface area (Å²) < 4.78 is 10.6. The Labute approximate surface area is 120 Å². The van der Waals surface area contributed by atoms with Crippen molar-refractivity contribution in [1.82, 2.24) is 10.6 Å². The number of amides is 1. The molecular formula is C13H27N3O4. The normalized spacial score (nSPS) is 13.1. The molecule has 0 aliphatic rings. The zero-order valence-corrected chi connectivity index (χ0v) is 12.4. The summed E-state index contributed by atoms with van der Waals surface area (Å²) >= 11 is 0. The third-order valence-electron chi connectivity index (χ3n) is 2.36. The van der Waals surface area contributed by atoms with Crippen LogP contribution in [0.2, 0.25) is 0 Å². The van der Waals surface area contributed by atoms with Gasteiger partial charge in [-0.2, -0.15) is 0 Å². The molecule has 1 amide bonds. The van der Waals surface area contributed by atoms with E-state index in [1.54, 1.807) is 6.20 Å². The Hall–Kier alpha value is -1.31. The molecule has 0 aromatic rings. The van der Waals surface area contributed by atoms with E-state index in [2.05, 4.69) is 10.6 Å². The maximum Gasteiger partial charge on any atom is 0.217 e. The van der Waals surface area contributed by atoms with E-state index in [4.69, 9.17) is 20.3 Å². The van der Waals surface area contributed by atoms with E-state index in [1.165, 1.54) is 6.92 Å². The molecule has 0 fully saturated rings. The van der Waals surface area contributed by atoms with Gasteiger partial charge in [0.1, 0.15) is 6.79 Å². The van der Waals surface area contributed by atoms with Crippen LogP contribution in [0.15, 0.2) is 11.9 Å². The number of aliphatic hydroxyl groups excluding tert-OH is 1. The van der Waals surface area contributed by atoms with Crippen molar-refractivity contribution >= 4 is 5.91 Å². The number of nitrogens with two attached hydrogens (primary N) is 1. The predicted octanol–water partition coefficient (Wildman–Crippen LogP) is -0.336. The van der Waals surface area contributed by atoms with E-state index in [0.717, 1.165) is 6.54 Å². The first-order valence-corrected chi connectivity index (χ1v) is 6.81. The Bertz CT molecular complexity index is 285. The highest BCUT2D eigenvalue weighted by Gasteiger charge is 2.09. The molecule has 0 heterocycles. The Balaban J connectivity index is 3.74. The number of hydrogen-bond acceptors (Lipinski definition) is 6.